The zero-order chi connectivity index (χ0) is 11.7. The van der Waals surface area contributed by atoms with Crippen LogP contribution in [0.4, 0.5) is 4.79 Å². The molecule has 3 N–H and O–H groups in total. The number of hydrogen-bond acceptors (Lipinski definition) is 2. The normalized spacial score (nSPS) is 9.27. The van der Waals surface area contributed by atoms with Crippen molar-refractivity contribution in [1.29, 1.82) is 0 Å². The van der Waals surface area contributed by atoms with Gasteiger partial charge in [-0.1, -0.05) is 6.92 Å². The van der Waals surface area contributed by atoms with Crippen molar-refractivity contribution in [3.8, 4) is 0 Å². The van der Waals surface area contributed by atoms with Crippen LogP contribution in [0, 0.1) is 0 Å². The van der Waals surface area contributed by atoms with Crippen molar-refractivity contribution >= 4 is 23.4 Å². The van der Waals surface area contributed by atoms with Crippen molar-refractivity contribution < 1.29 is 4.79 Å². The van der Waals surface area contributed by atoms with Crippen molar-refractivity contribution in [2.24, 2.45) is 0 Å². The first-order valence-electron chi connectivity index (χ1n) is 5.04. The fourth-order valence-corrected chi connectivity index (χ4v) is 1.01. The Hall–Kier alpha value is -1.04. The van der Waals surface area contributed by atoms with Gasteiger partial charge in [0, 0.05) is 33.7 Å². The first-order chi connectivity index (χ1) is 7.07. The third kappa shape index (κ3) is 7.99. The van der Waals surface area contributed by atoms with Crippen LogP contribution in [0.25, 0.3) is 0 Å². The van der Waals surface area contributed by atoms with Crippen molar-refractivity contribution in [2.45, 2.75) is 13.3 Å². The van der Waals surface area contributed by atoms with Gasteiger partial charge in [-0.3, -0.25) is 0 Å². The van der Waals surface area contributed by atoms with Gasteiger partial charge < -0.3 is 20.9 Å². The van der Waals surface area contributed by atoms with E-state index in [9.17, 15) is 4.79 Å². The summed E-state index contributed by atoms with van der Waals surface area (Å²) in [5.74, 6) is 0. The molecule has 15 heavy (non-hydrogen) atoms. The van der Waals surface area contributed by atoms with Crippen LogP contribution >= 0.6 is 12.2 Å². The van der Waals surface area contributed by atoms with Crippen LogP contribution in [0.1, 0.15) is 13.3 Å². The van der Waals surface area contributed by atoms with Crippen molar-refractivity contribution in [2.75, 3.05) is 33.7 Å². The summed E-state index contributed by atoms with van der Waals surface area (Å²) >= 11 is 5.00. The van der Waals surface area contributed by atoms with Crippen LogP contribution in [-0.2, 0) is 0 Å². The molecule has 88 valence electrons. The molecule has 0 saturated carbocycles. The molecule has 0 bridgehead atoms. The lowest BCUT2D eigenvalue weighted by Gasteiger charge is -2.13. The van der Waals surface area contributed by atoms with E-state index in [1.165, 1.54) is 4.90 Å². The fourth-order valence-electron chi connectivity index (χ4n) is 0.805. The molecule has 0 aliphatic heterocycles. The van der Waals surface area contributed by atoms with Crippen LogP contribution in [0.3, 0.4) is 0 Å². The lowest BCUT2D eigenvalue weighted by molar-refractivity contribution is 0.217. The van der Waals surface area contributed by atoms with Gasteiger partial charge in [0.05, 0.1) is 0 Å². The van der Waals surface area contributed by atoms with Gasteiger partial charge in [0.2, 0.25) is 0 Å². The summed E-state index contributed by atoms with van der Waals surface area (Å²) in [6, 6.07) is -0.0933. The number of carbonyl (C=O) groups excluding carboxylic acids is 1. The maximum atomic E-state index is 11.1. The highest BCUT2D eigenvalue weighted by atomic mass is 32.1. The van der Waals surface area contributed by atoms with Gasteiger partial charge in [-0.15, -0.1) is 0 Å². The average molecular weight is 232 g/mol. The highest BCUT2D eigenvalue weighted by Crippen LogP contribution is 1.75. The Balaban J connectivity index is 3.38. The summed E-state index contributed by atoms with van der Waals surface area (Å²) in [4.78, 5) is 12.6. The van der Waals surface area contributed by atoms with E-state index in [0.29, 0.717) is 18.2 Å². The summed E-state index contributed by atoms with van der Waals surface area (Å²) in [5.41, 5.74) is 0. The number of rotatable bonds is 5. The molecule has 0 fully saturated rings. The Morgan fingerprint density at radius 1 is 1.13 bits per heavy atom. The molecule has 0 radical (unpaired) electrons. The van der Waals surface area contributed by atoms with Crippen LogP contribution in [-0.4, -0.2) is 49.8 Å². The number of thiocarbonyl (C=S) groups is 1. The van der Waals surface area contributed by atoms with E-state index in [0.717, 1.165) is 13.0 Å². The Kier molecular flexibility index (Phi) is 7.71. The SMILES string of the molecule is CCCNC(=S)NCCNC(=O)N(C)C. The van der Waals surface area contributed by atoms with Gasteiger partial charge in [-0.05, 0) is 18.6 Å². The molecule has 0 aromatic carbocycles. The number of amides is 2. The molecule has 0 aromatic heterocycles. The Bertz CT molecular complexity index is 208. The third-order valence-electron chi connectivity index (χ3n) is 1.63. The smallest absolute Gasteiger partial charge is 0.316 e. The van der Waals surface area contributed by atoms with Crippen molar-refractivity contribution in [3.63, 3.8) is 0 Å². The van der Waals surface area contributed by atoms with E-state index >= 15 is 0 Å². The molecule has 0 aromatic rings. The minimum atomic E-state index is -0.0933. The first-order valence-corrected chi connectivity index (χ1v) is 5.45. The molecule has 0 atom stereocenters. The lowest BCUT2D eigenvalue weighted by Crippen LogP contribution is -2.42. The molecule has 0 heterocycles. The van der Waals surface area contributed by atoms with Crippen LogP contribution in [0.2, 0.25) is 0 Å². The maximum absolute atomic E-state index is 11.1. The van der Waals surface area contributed by atoms with Gasteiger partial charge in [0.1, 0.15) is 0 Å². The van der Waals surface area contributed by atoms with Gasteiger partial charge in [0.25, 0.3) is 0 Å². The second-order valence-electron chi connectivity index (χ2n) is 3.31. The Morgan fingerprint density at radius 3 is 2.20 bits per heavy atom. The molecule has 0 spiro atoms. The first kappa shape index (κ1) is 14.0. The summed E-state index contributed by atoms with van der Waals surface area (Å²) in [6.07, 6.45) is 1.04. The minimum Gasteiger partial charge on any atom is -0.363 e. The number of carbonyl (C=O) groups is 1. The summed E-state index contributed by atoms with van der Waals surface area (Å²) in [5, 5.41) is 9.41. The number of urea groups is 1. The zero-order valence-corrected chi connectivity index (χ0v) is 10.4. The molecule has 0 aliphatic rings. The fraction of sp³-hybridized carbons (Fsp3) is 0.778. The monoisotopic (exact) mass is 232 g/mol. The van der Waals surface area contributed by atoms with Gasteiger partial charge in [0.15, 0.2) is 5.11 Å². The summed E-state index contributed by atoms with van der Waals surface area (Å²) < 4.78 is 0. The molecular weight excluding hydrogens is 212 g/mol. The highest BCUT2D eigenvalue weighted by molar-refractivity contribution is 7.80. The van der Waals surface area contributed by atoms with E-state index < -0.39 is 0 Å². The highest BCUT2D eigenvalue weighted by Gasteiger charge is 2.00. The molecule has 2 amide bonds. The van der Waals surface area contributed by atoms with E-state index in [1.807, 2.05) is 0 Å². The predicted octanol–water partition coefficient (Wildman–Crippen LogP) is 0.132. The van der Waals surface area contributed by atoms with Crippen molar-refractivity contribution in [1.82, 2.24) is 20.9 Å². The minimum absolute atomic E-state index is 0.0933. The average Bonchev–Trinajstić information content (AvgIpc) is 2.20. The van der Waals surface area contributed by atoms with Gasteiger partial charge >= 0.3 is 6.03 Å². The lowest BCUT2D eigenvalue weighted by atomic mass is 10.5. The van der Waals surface area contributed by atoms with Crippen LogP contribution in [0.15, 0.2) is 0 Å². The standard InChI is InChI=1S/C9H20N4OS/c1-4-5-10-8(15)11-6-7-12-9(14)13(2)3/h4-7H2,1-3H3,(H,12,14)(H2,10,11,15). The van der Waals surface area contributed by atoms with Crippen LogP contribution in [0.5, 0.6) is 0 Å². The molecular formula is C9H20N4OS. The quantitative estimate of drug-likeness (QED) is 0.466. The molecule has 0 saturated heterocycles. The number of nitrogens with zero attached hydrogens (tertiary/aromatic N) is 1. The molecule has 6 heteroatoms. The summed E-state index contributed by atoms with van der Waals surface area (Å²) in [6.45, 7) is 4.14. The molecule has 0 aliphatic carbocycles. The van der Waals surface area contributed by atoms with E-state index in [4.69, 9.17) is 12.2 Å². The Morgan fingerprint density at radius 2 is 1.67 bits per heavy atom. The summed E-state index contributed by atoms with van der Waals surface area (Å²) in [7, 11) is 3.41. The second-order valence-corrected chi connectivity index (χ2v) is 3.72. The predicted molar refractivity (Wildman–Crippen MR) is 66.0 cm³/mol. The largest absolute Gasteiger partial charge is 0.363 e. The maximum Gasteiger partial charge on any atom is 0.316 e. The Labute approximate surface area is 96.6 Å². The number of hydrogen-bond donors (Lipinski definition) is 3. The van der Waals surface area contributed by atoms with E-state index in [2.05, 4.69) is 22.9 Å². The molecule has 0 unspecified atom stereocenters. The van der Waals surface area contributed by atoms with E-state index in [-0.39, 0.29) is 6.03 Å². The second kappa shape index (κ2) is 8.28. The van der Waals surface area contributed by atoms with Gasteiger partial charge in [-0.25, -0.2) is 4.79 Å². The molecule has 0 rings (SSSR count). The third-order valence-corrected chi connectivity index (χ3v) is 1.92. The number of nitrogens with one attached hydrogen (secondary N) is 3. The van der Waals surface area contributed by atoms with Crippen LogP contribution < -0.4 is 16.0 Å². The van der Waals surface area contributed by atoms with E-state index in [1.54, 1.807) is 14.1 Å². The topological polar surface area (TPSA) is 56.4 Å². The van der Waals surface area contributed by atoms with Gasteiger partial charge in [-0.2, -0.15) is 0 Å². The zero-order valence-electron chi connectivity index (χ0n) is 9.59. The van der Waals surface area contributed by atoms with Crippen molar-refractivity contribution in [3.05, 3.63) is 0 Å². The molecule has 5 nitrogen and oxygen atoms in total.